The summed E-state index contributed by atoms with van der Waals surface area (Å²) in [5, 5.41) is 0. The second kappa shape index (κ2) is 8.70. The van der Waals surface area contributed by atoms with Crippen LogP contribution in [0, 0.1) is 0 Å². The van der Waals surface area contributed by atoms with Gasteiger partial charge in [0.1, 0.15) is 5.67 Å². The van der Waals surface area contributed by atoms with Crippen LogP contribution in [-0.4, -0.2) is 5.67 Å². The summed E-state index contributed by atoms with van der Waals surface area (Å²) in [6.45, 7) is 4.40. The van der Waals surface area contributed by atoms with Gasteiger partial charge in [0.05, 0.1) is 0 Å². The molecule has 2 rings (SSSR count). The molecule has 0 heterocycles. The molecule has 1 heteroatoms. The van der Waals surface area contributed by atoms with E-state index in [4.69, 9.17) is 0 Å². The van der Waals surface area contributed by atoms with Crippen molar-refractivity contribution < 1.29 is 4.39 Å². The highest BCUT2D eigenvalue weighted by atomic mass is 19.1. The highest BCUT2D eigenvalue weighted by molar-refractivity contribution is 5.26. The summed E-state index contributed by atoms with van der Waals surface area (Å²) >= 11 is 0. The number of benzene rings is 1. The zero-order chi connectivity index (χ0) is 15.8. The van der Waals surface area contributed by atoms with Crippen LogP contribution in [0.15, 0.2) is 24.3 Å². The van der Waals surface area contributed by atoms with Crippen LogP contribution < -0.4 is 0 Å². The molecule has 0 unspecified atom stereocenters. The maximum absolute atomic E-state index is 14.7. The average molecular weight is 304 g/mol. The number of unbranched alkanes of at least 4 members (excludes halogenated alkanes) is 3. The number of halogens is 1. The van der Waals surface area contributed by atoms with Crippen molar-refractivity contribution in [2.24, 2.45) is 0 Å². The molecule has 1 saturated carbocycles. The third-order valence-electron chi connectivity index (χ3n) is 5.38. The Labute approximate surface area is 136 Å². The van der Waals surface area contributed by atoms with E-state index >= 15 is 0 Å². The van der Waals surface area contributed by atoms with Crippen LogP contribution in [-0.2, 0) is 6.42 Å². The first-order chi connectivity index (χ1) is 10.7. The van der Waals surface area contributed by atoms with Crippen molar-refractivity contribution in [1.82, 2.24) is 0 Å². The van der Waals surface area contributed by atoms with E-state index in [1.54, 1.807) is 0 Å². The van der Waals surface area contributed by atoms with Crippen molar-refractivity contribution >= 4 is 0 Å². The normalized spacial score (nSPS) is 25.3. The summed E-state index contributed by atoms with van der Waals surface area (Å²) < 4.78 is 14.7. The highest BCUT2D eigenvalue weighted by Gasteiger charge is 2.34. The molecule has 1 fully saturated rings. The predicted molar refractivity (Wildman–Crippen MR) is 94.2 cm³/mol. The van der Waals surface area contributed by atoms with E-state index < -0.39 is 5.67 Å². The number of aryl methyl sites for hydroxylation is 1. The largest absolute Gasteiger partial charge is 0.244 e. The van der Waals surface area contributed by atoms with Crippen LogP contribution in [0.5, 0.6) is 0 Å². The van der Waals surface area contributed by atoms with Crippen LogP contribution in [0.25, 0.3) is 0 Å². The van der Waals surface area contributed by atoms with E-state index in [1.807, 2.05) is 0 Å². The van der Waals surface area contributed by atoms with E-state index in [-0.39, 0.29) is 0 Å². The van der Waals surface area contributed by atoms with Gasteiger partial charge in [0.2, 0.25) is 0 Å². The Morgan fingerprint density at radius 3 is 2.18 bits per heavy atom. The third kappa shape index (κ3) is 5.11. The monoisotopic (exact) mass is 304 g/mol. The highest BCUT2D eigenvalue weighted by Crippen LogP contribution is 2.42. The molecule has 124 valence electrons. The molecule has 0 N–H and O–H groups in total. The number of hydrogen-bond acceptors (Lipinski definition) is 0. The Balaban J connectivity index is 1.83. The van der Waals surface area contributed by atoms with Crippen molar-refractivity contribution in [3.05, 3.63) is 35.4 Å². The zero-order valence-corrected chi connectivity index (χ0v) is 14.5. The average Bonchev–Trinajstić information content (AvgIpc) is 2.55. The Morgan fingerprint density at radius 1 is 0.955 bits per heavy atom. The summed E-state index contributed by atoms with van der Waals surface area (Å²) in [6, 6.07) is 9.17. The van der Waals surface area contributed by atoms with Gasteiger partial charge in [-0.25, -0.2) is 4.39 Å². The maximum atomic E-state index is 14.7. The van der Waals surface area contributed by atoms with E-state index in [0.717, 1.165) is 44.9 Å². The van der Waals surface area contributed by atoms with Gasteiger partial charge in [0.25, 0.3) is 0 Å². The Morgan fingerprint density at radius 2 is 1.59 bits per heavy atom. The van der Waals surface area contributed by atoms with Crippen molar-refractivity contribution in [2.75, 3.05) is 0 Å². The number of rotatable bonds is 8. The molecule has 0 radical (unpaired) electrons. The molecule has 0 aromatic heterocycles. The predicted octanol–water partition coefficient (Wildman–Crippen LogP) is 6.98. The standard InChI is InChI=1S/C21H33F/c1-3-5-7-8-18-9-11-19(12-10-18)20-13-16-21(22,17-14-20)15-6-4-2/h9-12,20H,3-8,13-17H2,1-2H3. The quantitative estimate of drug-likeness (QED) is 0.455. The first kappa shape index (κ1) is 17.5. The zero-order valence-electron chi connectivity index (χ0n) is 14.5. The fourth-order valence-corrected chi connectivity index (χ4v) is 3.75. The maximum Gasteiger partial charge on any atom is 0.111 e. The van der Waals surface area contributed by atoms with Crippen LogP contribution in [0.4, 0.5) is 4.39 Å². The van der Waals surface area contributed by atoms with Crippen LogP contribution in [0.2, 0.25) is 0 Å². The van der Waals surface area contributed by atoms with E-state index in [0.29, 0.717) is 5.92 Å². The van der Waals surface area contributed by atoms with Gasteiger partial charge in [-0.1, -0.05) is 63.8 Å². The molecule has 0 bridgehead atoms. The third-order valence-corrected chi connectivity index (χ3v) is 5.38. The second-order valence-electron chi connectivity index (χ2n) is 7.23. The van der Waals surface area contributed by atoms with Gasteiger partial charge in [-0.15, -0.1) is 0 Å². The van der Waals surface area contributed by atoms with E-state index in [2.05, 4.69) is 38.1 Å². The molecular formula is C21H33F. The fourth-order valence-electron chi connectivity index (χ4n) is 3.75. The molecule has 0 spiro atoms. The van der Waals surface area contributed by atoms with Crippen LogP contribution in [0.3, 0.4) is 0 Å². The SMILES string of the molecule is CCCCCc1ccc(C2CCC(F)(CCCC)CC2)cc1. The molecule has 0 amide bonds. The molecule has 1 aromatic rings. The van der Waals surface area contributed by atoms with Gasteiger partial charge in [-0.3, -0.25) is 0 Å². The van der Waals surface area contributed by atoms with Crippen molar-refractivity contribution in [1.29, 1.82) is 0 Å². The number of alkyl halides is 1. The van der Waals surface area contributed by atoms with Gasteiger partial charge in [0.15, 0.2) is 0 Å². The van der Waals surface area contributed by atoms with Crippen LogP contribution in [0.1, 0.15) is 95.1 Å². The summed E-state index contributed by atoms with van der Waals surface area (Å²) in [5.41, 5.74) is 2.01. The van der Waals surface area contributed by atoms with Crippen molar-refractivity contribution in [3.8, 4) is 0 Å². The molecule has 1 aliphatic carbocycles. The van der Waals surface area contributed by atoms with Crippen molar-refractivity contribution in [2.45, 2.75) is 96.1 Å². The van der Waals surface area contributed by atoms with Crippen molar-refractivity contribution in [3.63, 3.8) is 0 Å². The summed E-state index contributed by atoms with van der Waals surface area (Å²) in [5.74, 6) is 0.579. The fraction of sp³-hybridized carbons (Fsp3) is 0.714. The minimum atomic E-state index is -0.868. The lowest BCUT2D eigenvalue weighted by Crippen LogP contribution is -2.28. The smallest absolute Gasteiger partial charge is 0.111 e. The van der Waals surface area contributed by atoms with E-state index in [9.17, 15) is 4.39 Å². The first-order valence-electron chi connectivity index (χ1n) is 9.44. The molecule has 0 atom stereocenters. The molecule has 22 heavy (non-hydrogen) atoms. The molecule has 1 aromatic carbocycles. The van der Waals surface area contributed by atoms with Gasteiger partial charge >= 0.3 is 0 Å². The van der Waals surface area contributed by atoms with Gasteiger partial charge < -0.3 is 0 Å². The lowest BCUT2D eigenvalue weighted by Gasteiger charge is -2.34. The van der Waals surface area contributed by atoms with Gasteiger partial charge in [-0.05, 0) is 62.0 Å². The Bertz CT molecular complexity index is 412. The molecule has 0 saturated heterocycles. The Kier molecular flexibility index (Phi) is 6.92. The lowest BCUT2D eigenvalue weighted by molar-refractivity contribution is 0.0856. The molecule has 0 nitrogen and oxygen atoms in total. The van der Waals surface area contributed by atoms with E-state index in [1.165, 1.54) is 36.8 Å². The first-order valence-corrected chi connectivity index (χ1v) is 9.44. The molecule has 1 aliphatic rings. The summed E-state index contributed by atoms with van der Waals surface area (Å²) in [4.78, 5) is 0. The molecule has 0 aliphatic heterocycles. The Hall–Kier alpha value is -0.850. The lowest BCUT2D eigenvalue weighted by atomic mass is 9.75. The van der Waals surface area contributed by atoms with Gasteiger partial charge in [-0.2, -0.15) is 0 Å². The topological polar surface area (TPSA) is 0 Å². The summed E-state index contributed by atoms with van der Waals surface area (Å²) in [6.07, 6.45) is 11.6. The second-order valence-corrected chi connectivity index (χ2v) is 7.23. The summed E-state index contributed by atoms with van der Waals surface area (Å²) in [7, 11) is 0. The van der Waals surface area contributed by atoms with Crippen LogP contribution >= 0.6 is 0 Å². The minimum absolute atomic E-state index is 0.579. The molecular weight excluding hydrogens is 271 g/mol. The minimum Gasteiger partial charge on any atom is -0.244 e. The number of hydrogen-bond donors (Lipinski definition) is 0. The van der Waals surface area contributed by atoms with Gasteiger partial charge in [0, 0.05) is 0 Å².